The molecular formula is C22H28BrN5O3S. The standard InChI is InChI=1S/C22H28BrN5O3S/c23-18-8-9-20-21(15-18)32(29,30)27-22(25-20)26-24-10-5-13-31-19-7-4-6-17(14-19)16-28-11-2-1-3-12-28/h4,6-9,14-15,24H,1-3,5,10-13,16H2,(H2,25,26,27). The molecule has 2 heterocycles. The maximum atomic E-state index is 12.3. The smallest absolute Gasteiger partial charge is 0.287 e. The van der Waals surface area contributed by atoms with Gasteiger partial charge in [-0.25, -0.2) is 5.43 Å². The normalized spacial score (nSPS) is 17.7. The minimum Gasteiger partial charge on any atom is -0.494 e. The minimum atomic E-state index is -3.75. The molecule has 0 amide bonds. The first-order valence-corrected chi connectivity index (χ1v) is 13.1. The molecule has 0 spiro atoms. The summed E-state index contributed by atoms with van der Waals surface area (Å²) in [4.78, 5) is 2.64. The number of benzene rings is 2. The highest BCUT2D eigenvalue weighted by molar-refractivity contribution is 9.10. The van der Waals surface area contributed by atoms with Gasteiger partial charge in [-0.2, -0.15) is 8.42 Å². The first-order valence-electron chi connectivity index (χ1n) is 10.8. The minimum absolute atomic E-state index is 0.145. The summed E-state index contributed by atoms with van der Waals surface area (Å²) in [7, 11) is -3.75. The van der Waals surface area contributed by atoms with E-state index >= 15 is 0 Å². The van der Waals surface area contributed by atoms with Crippen molar-refractivity contribution in [1.29, 1.82) is 0 Å². The van der Waals surface area contributed by atoms with E-state index in [9.17, 15) is 8.42 Å². The summed E-state index contributed by atoms with van der Waals surface area (Å²) in [5, 5.41) is 2.98. The third-order valence-corrected chi connectivity index (χ3v) is 7.17. The number of ether oxygens (including phenoxy) is 1. The average molecular weight is 522 g/mol. The highest BCUT2D eigenvalue weighted by Gasteiger charge is 2.25. The number of piperidine rings is 1. The number of fused-ring (bicyclic) bond motifs is 1. The maximum absolute atomic E-state index is 12.3. The first-order chi connectivity index (χ1) is 15.5. The molecule has 172 valence electrons. The molecule has 0 aliphatic carbocycles. The molecule has 1 saturated heterocycles. The van der Waals surface area contributed by atoms with E-state index in [1.54, 1.807) is 12.1 Å². The Morgan fingerprint density at radius 3 is 2.81 bits per heavy atom. The van der Waals surface area contributed by atoms with Gasteiger partial charge in [0.25, 0.3) is 10.0 Å². The van der Waals surface area contributed by atoms with Gasteiger partial charge < -0.3 is 10.1 Å². The van der Waals surface area contributed by atoms with Crippen LogP contribution < -0.4 is 20.9 Å². The topological polar surface area (TPSA) is 95.1 Å². The lowest BCUT2D eigenvalue weighted by Crippen LogP contribution is -2.44. The number of hydrazine groups is 1. The molecule has 8 nitrogen and oxygen atoms in total. The van der Waals surface area contributed by atoms with Crippen molar-refractivity contribution in [3.8, 4) is 5.75 Å². The predicted molar refractivity (Wildman–Crippen MR) is 129 cm³/mol. The van der Waals surface area contributed by atoms with E-state index in [1.165, 1.54) is 44.0 Å². The Morgan fingerprint density at radius 1 is 1.12 bits per heavy atom. The van der Waals surface area contributed by atoms with Crippen molar-refractivity contribution in [1.82, 2.24) is 15.8 Å². The molecule has 0 saturated carbocycles. The summed E-state index contributed by atoms with van der Waals surface area (Å²) >= 11 is 3.28. The Labute approximate surface area is 197 Å². The Bertz CT molecular complexity index is 1070. The summed E-state index contributed by atoms with van der Waals surface area (Å²) in [6.45, 7) is 4.46. The number of rotatable bonds is 8. The Kier molecular flexibility index (Phi) is 7.67. The lowest BCUT2D eigenvalue weighted by molar-refractivity contribution is 0.220. The molecule has 2 aromatic carbocycles. The van der Waals surface area contributed by atoms with E-state index in [1.807, 2.05) is 12.1 Å². The lowest BCUT2D eigenvalue weighted by Gasteiger charge is -2.26. The van der Waals surface area contributed by atoms with Gasteiger partial charge in [0, 0.05) is 17.6 Å². The number of halogens is 1. The molecule has 10 heteroatoms. The van der Waals surface area contributed by atoms with Gasteiger partial charge in [-0.15, -0.1) is 4.40 Å². The molecule has 0 atom stereocenters. The van der Waals surface area contributed by atoms with Gasteiger partial charge >= 0.3 is 0 Å². The van der Waals surface area contributed by atoms with Gasteiger partial charge in [0.05, 0.1) is 12.3 Å². The number of nitrogens with zero attached hydrogens (tertiary/aromatic N) is 2. The molecule has 0 radical (unpaired) electrons. The van der Waals surface area contributed by atoms with Crippen LogP contribution in [0.2, 0.25) is 0 Å². The van der Waals surface area contributed by atoms with Crippen LogP contribution in [0.15, 0.2) is 56.2 Å². The van der Waals surface area contributed by atoms with Crippen molar-refractivity contribution in [3.63, 3.8) is 0 Å². The van der Waals surface area contributed by atoms with Crippen LogP contribution in [0.3, 0.4) is 0 Å². The second-order valence-electron chi connectivity index (χ2n) is 7.92. The molecule has 0 aromatic heterocycles. The first kappa shape index (κ1) is 23.0. The van der Waals surface area contributed by atoms with Gasteiger partial charge in [-0.3, -0.25) is 10.3 Å². The van der Waals surface area contributed by atoms with E-state index in [0.29, 0.717) is 23.3 Å². The number of hydrogen-bond acceptors (Lipinski definition) is 7. The van der Waals surface area contributed by atoms with Crippen LogP contribution in [0.25, 0.3) is 0 Å². The summed E-state index contributed by atoms with van der Waals surface area (Å²) in [6.07, 6.45) is 4.66. The Hall–Kier alpha value is -2.14. The number of guanidine groups is 1. The van der Waals surface area contributed by atoms with Gasteiger partial charge in [0.15, 0.2) is 0 Å². The zero-order valence-corrected chi connectivity index (χ0v) is 20.2. The SMILES string of the molecule is O=S1(=O)N=C(NNCCCOc2cccc(CN3CCCCC3)c2)Nc2ccc(Br)cc21. The third-order valence-electron chi connectivity index (χ3n) is 5.36. The maximum Gasteiger partial charge on any atom is 0.287 e. The fourth-order valence-corrected chi connectivity index (χ4v) is 5.41. The molecule has 0 unspecified atom stereocenters. The van der Waals surface area contributed by atoms with Crippen molar-refractivity contribution in [2.24, 2.45) is 4.40 Å². The molecular weight excluding hydrogens is 494 g/mol. The number of likely N-dealkylation sites (tertiary alicyclic amines) is 1. The van der Waals surface area contributed by atoms with Gasteiger partial charge in [-0.05, 0) is 68.2 Å². The van der Waals surface area contributed by atoms with E-state index in [4.69, 9.17) is 4.74 Å². The number of sulfonamides is 1. The van der Waals surface area contributed by atoms with Crippen LogP contribution >= 0.6 is 15.9 Å². The monoisotopic (exact) mass is 521 g/mol. The fourth-order valence-electron chi connectivity index (χ4n) is 3.79. The van der Waals surface area contributed by atoms with E-state index in [-0.39, 0.29) is 10.9 Å². The molecule has 2 aromatic rings. The number of anilines is 1. The van der Waals surface area contributed by atoms with Crippen molar-refractivity contribution < 1.29 is 13.2 Å². The van der Waals surface area contributed by atoms with Crippen molar-refractivity contribution in [2.75, 3.05) is 31.6 Å². The summed E-state index contributed by atoms with van der Waals surface area (Å²) < 4.78 is 35.0. The van der Waals surface area contributed by atoms with Crippen molar-refractivity contribution in [2.45, 2.75) is 37.1 Å². The van der Waals surface area contributed by atoms with E-state index in [0.717, 1.165) is 18.7 Å². The molecule has 0 bridgehead atoms. The lowest BCUT2D eigenvalue weighted by atomic mass is 10.1. The van der Waals surface area contributed by atoms with Gasteiger partial charge in [0.2, 0.25) is 5.96 Å². The molecule has 1 fully saturated rings. The van der Waals surface area contributed by atoms with Crippen LogP contribution in [0.5, 0.6) is 5.75 Å². The zero-order valence-electron chi connectivity index (χ0n) is 17.8. The Morgan fingerprint density at radius 2 is 1.97 bits per heavy atom. The summed E-state index contributed by atoms with van der Waals surface area (Å²) in [5.41, 5.74) is 7.57. The van der Waals surface area contributed by atoms with Gasteiger partial charge in [-0.1, -0.05) is 34.5 Å². The second-order valence-corrected chi connectivity index (χ2v) is 10.4. The molecule has 2 aliphatic rings. The summed E-state index contributed by atoms with van der Waals surface area (Å²) in [6, 6.07) is 13.3. The van der Waals surface area contributed by atoms with Crippen LogP contribution in [-0.2, 0) is 16.6 Å². The third kappa shape index (κ3) is 6.22. The van der Waals surface area contributed by atoms with Gasteiger partial charge in [0.1, 0.15) is 10.6 Å². The number of nitrogens with one attached hydrogen (secondary N) is 3. The van der Waals surface area contributed by atoms with Crippen LogP contribution in [0, 0.1) is 0 Å². The average Bonchev–Trinajstić information content (AvgIpc) is 2.77. The molecule has 4 rings (SSSR count). The highest BCUT2D eigenvalue weighted by atomic mass is 79.9. The predicted octanol–water partition coefficient (Wildman–Crippen LogP) is 3.47. The molecule has 32 heavy (non-hydrogen) atoms. The Balaban J connectivity index is 1.18. The second kappa shape index (κ2) is 10.7. The van der Waals surface area contributed by atoms with E-state index in [2.05, 4.69) is 53.5 Å². The van der Waals surface area contributed by atoms with Crippen LogP contribution in [0.4, 0.5) is 5.69 Å². The highest BCUT2D eigenvalue weighted by Crippen LogP contribution is 2.29. The van der Waals surface area contributed by atoms with Crippen LogP contribution in [-0.4, -0.2) is 45.5 Å². The number of hydrogen-bond donors (Lipinski definition) is 3. The molecule has 3 N–H and O–H groups in total. The van der Waals surface area contributed by atoms with E-state index < -0.39 is 10.0 Å². The van der Waals surface area contributed by atoms with Crippen molar-refractivity contribution >= 4 is 37.6 Å². The van der Waals surface area contributed by atoms with Crippen LogP contribution in [0.1, 0.15) is 31.2 Å². The fraction of sp³-hybridized carbons (Fsp3) is 0.409. The summed E-state index contributed by atoms with van der Waals surface area (Å²) in [5.74, 6) is 1.02. The molecule has 2 aliphatic heterocycles. The van der Waals surface area contributed by atoms with Crippen molar-refractivity contribution in [3.05, 3.63) is 52.5 Å². The zero-order chi connectivity index (χ0) is 22.4. The largest absolute Gasteiger partial charge is 0.494 e. The quantitative estimate of drug-likeness (QED) is 0.361.